The van der Waals surface area contributed by atoms with E-state index in [0.29, 0.717) is 29.6 Å². The molecule has 7 heteroatoms. The molecule has 1 saturated carbocycles. The van der Waals surface area contributed by atoms with Gasteiger partial charge in [-0.25, -0.2) is 0 Å². The molecule has 0 saturated heterocycles. The van der Waals surface area contributed by atoms with E-state index in [1.807, 2.05) is 42.5 Å². The second kappa shape index (κ2) is 9.56. The van der Waals surface area contributed by atoms with Crippen molar-refractivity contribution in [2.24, 2.45) is 0 Å². The fourth-order valence-corrected chi connectivity index (χ4v) is 5.23. The third kappa shape index (κ3) is 4.77. The van der Waals surface area contributed by atoms with Crippen LogP contribution in [0.3, 0.4) is 0 Å². The lowest BCUT2D eigenvalue weighted by Gasteiger charge is -2.31. The van der Waals surface area contributed by atoms with Crippen molar-refractivity contribution in [1.82, 2.24) is 15.5 Å². The number of aromatic nitrogens is 2. The number of para-hydroxylation sites is 1. The first kappa shape index (κ1) is 21.4. The third-order valence-electron chi connectivity index (χ3n) is 5.88. The van der Waals surface area contributed by atoms with Crippen LogP contribution in [0.5, 0.6) is 5.75 Å². The minimum absolute atomic E-state index is 0.0639. The minimum Gasteiger partial charge on any atom is -0.496 e. The normalized spacial score (nSPS) is 15.0. The summed E-state index contributed by atoms with van der Waals surface area (Å²) in [4.78, 5) is 18.3. The third-order valence-corrected chi connectivity index (χ3v) is 6.94. The Morgan fingerprint density at radius 1 is 1.16 bits per heavy atom. The molecule has 2 aromatic carbocycles. The topological polar surface area (TPSA) is 77.2 Å². The number of nitrogens with one attached hydrogen (secondary N) is 1. The van der Waals surface area contributed by atoms with Crippen molar-refractivity contribution in [3.8, 4) is 5.75 Å². The lowest BCUT2D eigenvalue weighted by molar-refractivity contribution is 0.0940. The number of carbonyl (C=O) groups is 1. The number of thioether (sulfide) groups is 1. The molecule has 31 heavy (non-hydrogen) atoms. The van der Waals surface area contributed by atoms with Gasteiger partial charge < -0.3 is 14.6 Å². The van der Waals surface area contributed by atoms with E-state index < -0.39 is 0 Å². The van der Waals surface area contributed by atoms with Crippen LogP contribution in [0.25, 0.3) is 0 Å². The maximum Gasteiger partial charge on any atom is 0.252 e. The monoisotopic (exact) mass is 437 g/mol. The number of rotatable bonds is 8. The number of hydrogen-bond acceptors (Lipinski definition) is 6. The predicted octanol–water partition coefficient (Wildman–Crippen LogP) is 4.92. The molecule has 3 aromatic rings. The molecule has 1 N–H and O–H groups in total. The first-order valence-electron chi connectivity index (χ1n) is 10.5. The highest BCUT2D eigenvalue weighted by Crippen LogP contribution is 2.44. The van der Waals surface area contributed by atoms with Crippen LogP contribution >= 0.6 is 11.8 Å². The average molecular weight is 438 g/mol. The van der Waals surface area contributed by atoms with Crippen LogP contribution < -0.4 is 10.1 Å². The van der Waals surface area contributed by atoms with Crippen LogP contribution in [0.15, 0.2) is 57.9 Å². The van der Waals surface area contributed by atoms with Gasteiger partial charge >= 0.3 is 0 Å². The first-order chi connectivity index (χ1) is 15.1. The Labute approximate surface area is 186 Å². The molecule has 1 fully saturated rings. The Hall–Kier alpha value is -2.80. The molecule has 0 radical (unpaired) electrons. The van der Waals surface area contributed by atoms with Crippen molar-refractivity contribution in [3.63, 3.8) is 0 Å². The van der Waals surface area contributed by atoms with Gasteiger partial charge in [-0.15, -0.1) is 11.8 Å². The largest absolute Gasteiger partial charge is 0.496 e. The van der Waals surface area contributed by atoms with Crippen molar-refractivity contribution >= 4 is 17.7 Å². The summed E-state index contributed by atoms with van der Waals surface area (Å²) in [6, 6.07) is 15.8. The van der Waals surface area contributed by atoms with E-state index in [2.05, 4.69) is 21.5 Å². The van der Waals surface area contributed by atoms with E-state index >= 15 is 0 Å². The second-order valence-electron chi connectivity index (χ2n) is 7.89. The number of benzene rings is 2. The molecule has 1 amide bonds. The van der Waals surface area contributed by atoms with Gasteiger partial charge in [-0.2, -0.15) is 4.98 Å². The smallest absolute Gasteiger partial charge is 0.252 e. The summed E-state index contributed by atoms with van der Waals surface area (Å²) in [6.45, 7) is 2.38. The average Bonchev–Trinajstić information content (AvgIpc) is 3.46. The lowest BCUT2D eigenvalue weighted by Crippen LogP contribution is -2.39. The van der Waals surface area contributed by atoms with Crippen LogP contribution in [0.1, 0.15) is 53.3 Å². The summed E-state index contributed by atoms with van der Waals surface area (Å²) in [5.41, 5.74) is 1.76. The zero-order chi connectivity index (χ0) is 21.7. The number of hydrogen-bond donors (Lipinski definition) is 1. The van der Waals surface area contributed by atoms with Crippen molar-refractivity contribution in [2.75, 3.05) is 13.7 Å². The van der Waals surface area contributed by atoms with Crippen LogP contribution in [-0.4, -0.2) is 29.7 Å². The number of amides is 1. The Kier molecular flexibility index (Phi) is 6.61. The molecule has 0 aliphatic heterocycles. The van der Waals surface area contributed by atoms with Gasteiger partial charge in [0.05, 0.1) is 18.4 Å². The molecule has 1 aliphatic rings. The van der Waals surface area contributed by atoms with Gasteiger partial charge in [0.25, 0.3) is 5.91 Å². The lowest BCUT2D eigenvalue weighted by atomic mass is 9.78. The molecule has 1 aromatic heterocycles. The first-order valence-corrected chi connectivity index (χ1v) is 11.5. The van der Waals surface area contributed by atoms with Gasteiger partial charge in [0, 0.05) is 22.4 Å². The zero-order valence-corrected chi connectivity index (χ0v) is 18.7. The van der Waals surface area contributed by atoms with Crippen LogP contribution in [0, 0.1) is 6.92 Å². The summed E-state index contributed by atoms with van der Waals surface area (Å²) in [5, 5.41) is 7.04. The van der Waals surface area contributed by atoms with Gasteiger partial charge in [-0.3, -0.25) is 4.79 Å². The van der Waals surface area contributed by atoms with Gasteiger partial charge in [0.1, 0.15) is 5.75 Å². The van der Waals surface area contributed by atoms with Gasteiger partial charge in [-0.05, 0) is 38.0 Å². The summed E-state index contributed by atoms with van der Waals surface area (Å²) in [6.07, 6.45) is 4.40. The molecular formula is C24H27N3O3S. The molecule has 0 bridgehead atoms. The Morgan fingerprint density at radius 3 is 2.65 bits per heavy atom. The SMILES string of the molecule is COc1ccccc1C1(CNC(=O)c2ccccc2SCc2nc(C)no2)CCCC1. The Morgan fingerprint density at radius 2 is 1.90 bits per heavy atom. The fraction of sp³-hybridized carbons (Fsp3) is 0.375. The van der Waals surface area contributed by atoms with Gasteiger partial charge in [-0.1, -0.05) is 48.3 Å². The van der Waals surface area contributed by atoms with E-state index in [1.165, 1.54) is 17.3 Å². The molecule has 0 spiro atoms. The molecule has 1 aliphatic carbocycles. The number of aryl methyl sites for hydroxylation is 1. The Balaban J connectivity index is 1.49. The van der Waals surface area contributed by atoms with Crippen LogP contribution in [0.4, 0.5) is 0 Å². The van der Waals surface area contributed by atoms with Crippen LogP contribution in [0.2, 0.25) is 0 Å². The van der Waals surface area contributed by atoms with E-state index in [-0.39, 0.29) is 11.3 Å². The molecule has 4 rings (SSSR count). The predicted molar refractivity (Wildman–Crippen MR) is 121 cm³/mol. The van der Waals surface area contributed by atoms with Gasteiger partial charge in [0.15, 0.2) is 5.82 Å². The maximum atomic E-state index is 13.2. The highest BCUT2D eigenvalue weighted by Gasteiger charge is 2.38. The Bertz CT molecular complexity index is 1040. The highest BCUT2D eigenvalue weighted by atomic mass is 32.2. The van der Waals surface area contributed by atoms with Crippen LogP contribution in [-0.2, 0) is 11.2 Å². The summed E-state index contributed by atoms with van der Waals surface area (Å²) >= 11 is 1.52. The number of carbonyl (C=O) groups excluding carboxylic acids is 1. The van der Waals surface area contributed by atoms with Gasteiger partial charge in [0.2, 0.25) is 5.89 Å². The highest BCUT2D eigenvalue weighted by molar-refractivity contribution is 7.98. The van der Waals surface area contributed by atoms with E-state index in [0.717, 1.165) is 36.3 Å². The van der Waals surface area contributed by atoms with E-state index in [9.17, 15) is 4.79 Å². The molecule has 162 valence electrons. The van der Waals surface area contributed by atoms with E-state index in [4.69, 9.17) is 9.26 Å². The quantitative estimate of drug-likeness (QED) is 0.504. The molecular weight excluding hydrogens is 410 g/mol. The minimum atomic E-state index is -0.0916. The number of methoxy groups -OCH3 is 1. The summed E-state index contributed by atoms with van der Waals surface area (Å²) in [5.74, 6) is 2.52. The standard InChI is InChI=1S/C24H27N3O3S/c1-17-26-22(30-27-17)15-31-21-12-6-3-9-18(21)23(28)25-16-24(13-7-8-14-24)19-10-4-5-11-20(19)29-2/h3-6,9-12H,7-8,13-16H2,1-2H3,(H,25,28). The van der Waals surface area contributed by atoms with E-state index in [1.54, 1.807) is 14.0 Å². The fourth-order valence-electron chi connectivity index (χ4n) is 4.34. The van der Waals surface area contributed by atoms with Crippen molar-refractivity contribution in [2.45, 2.75) is 48.7 Å². The molecule has 1 heterocycles. The summed E-state index contributed by atoms with van der Waals surface area (Å²) < 4.78 is 10.8. The molecule has 6 nitrogen and oxygen atoms in total. The number of ether oxygens (including phenoxy) is 1. The molecule has 0 atom stereocenters. The maximum absolute atomic E-state index is 13.2. The van der Waals surface area contributed by atoms with Crippen molar-refractivity contribution in [1.29, 1.82) is 0 Å². The summed E-state index contributed by atoms with van der Waals surface area (Å²) in [7, 11) is 1.71. The second-order valence-corrected chi connectivity index (χ2v) is 8.91. The molecule has 0 unspecified atom stereocenters. The van der Waals surface area contributed by atoms with Crippen molar-refractivity contribution < 1.29 is 14.1 Å². The van der Waals surface area contributed by atoms with Crippen molar-refractivity contribution in [3.05, 3.63) is 71.4 Å². The zero-order valence-electron chi connectivity index (χ0n) is 17.9. The number of nitrogens with zero attached hydrogens (tertiary/aromatic N) is 2.